The van der Waals surface area contributed by atoms with Gasteiger partial charge in [-0.25, -0.2) is 0 Å². The van der Waals surface area contributed by atoms with Crippen LogP contribution >= 0.6 is 0 Å². The molecule has 102 valence electrons. The zero-order valence-corrected chi connectivity index (χ0v) is 11.9. The molecule has 1 atom stereocenters. The van der Waals surface area contributed by atoms with E-state index in [0.717, 1.165) is 18.7 Å². The summed E-state index contributed by atoms with van der Waals surface area (Å²) in [5.74, 6) is 1.36. The van der Waals surface area contributed by atoms with Gasteiger partial charge in [0.05, 0.1) is 13.7 Å². The number of hydrogen-bond acceptors (Lipinski definition) is 3. The van der Waals surface area contributed by atoms with Crippen LogP contribution in [0.1, 0.15) is 19.4 Å². The van der Waals surface area contributed by atoms with Gasteiger partial charge in [0.1, 0.15) is 5.75 Å². The molecule has 0 amide bonds. The summed E-state index contributed by atoms with van der Waals surface area (Å²) in [5, 5.41) is 9.38. The van der Waals surface area contributed by atoms with Crippen molar-refractivity contribution in [2.75, 3.05) is 27.3 Å². The van der Waals surface area contributed by atoms with E-state index < -0.39 is 0 Å². The third-order valence-corrected chi connectivity index (χ3v) is 3.41. The number of ether oxygens (including phenoxy) is 1. The highest BCUT2D eigenvalue weighted by molar-refractivity contribution is 5.28. The summed E-state index contributed by atoms with van der Waals surface area (Å²) in [6.45, 7) is 5.44. The normalized spacial score (nSPS) is 13.1. The van der Waals surface area contributed by atoms with Crippen molar-refractivity contribution in [3.05, 3.63) is 29.8 Å². The number of likely N-dealkylation sites (N-methyl/N-ethyl adjacent to an activating group) is 1. The number of benzene rings is 1. The second-order valence-electron chi connectivity index (χ2n) is 5.08. The third kappa shape index (κ3) is 4.31. The smallest absolute Gasteiger partial charge is 0.119 e. The van der Waals surface area contributed by atoms with Crippen LogP contribution in [0.3, 0.4) is 0 Å². The minimum absolute atomic E-state index is 0.215. The van der Waals surface area contributed by atoms with Crippen LogP contribution in [0.5, 0.6) is 5.75 Å². The van der Waals surface area contributed by atoms with Crippen molar-refractivity contribution in [2.45, 2.75) is 26.3 Å². The lowest BCUT2D eigenvalue weighted by Crippen LogP contribution is -2.39. The van der Waals surface area contributed by atoms with Crippen molar-refractivity contribution in [1.29, 1.82) is 0 Å². The second-order valence-corrected chi connectivity index (χ2v) is 5.08. The standard InChI is InChI=1S/C15H25NO2/c1-12(2)15(11-17)16(3)9-8-13-6-5-7-14(10-13)18-4/h5-7,10,12,15,17H,8-9,11H2,1-4H3. The number of methoxy groups -OCH3 is 1. The lowest BCUT2D eigenvalue weighted by Gasteiger charge is -2.29. The average molecular weight is 251 g/mol. The molecule has 0 heterocycles. The van der Waals surface area contributed by atoms with Crippen molar-refractivity contribution in [2.24, 2.45) is 5.92 Å². The third-order valence-electron chi connectivity index (χ3n) is 3.41. The Morgan fingerprint density at radius 2 is 2.06 bits per heavy atom. The van der Waals surface area contributed by atoms with Crippen LogP contribution in [0.2, 0.25) is 0 Å². The monoisotopic (exact) mass is 251 g/mol. The zero-order valence-electron chi connectivity index (χ0n) is 11.9. The highest BCUT2D eigenvalue weighted by atomic mass is 16.5. The lowest BCUT2D eigenvalue weighted by atomic mass is 10.0. The number of nitrogens with zero attached hydrogens (tertiary/aromatic N) is 1. The van der Waals surface area contributed by atoms with E-state index in [0.29, 0.717) is 5.92 Å². The predicted molar refractivity (Wildman–Crippen MR) is 75.0 cm³/mol. The van der Waals surface area contributed by atoms with Gasteiger partial charge in [-0.05, 0) is 37.1 Å². The summed E-state index contributed by atoms with van der Waals surface area (Å²) in [6.07, 6.45) is 0.969. The molecule has 3 nitrogen and oxygen atoms in total. The van der Waals surface area contributed by atoms with Gasteiger partial charge in [0.2, 0.25) is 0 Å². The van der Waals surface area contributed by atoms with Crippen LogP contribution in [-0.4, -0.2) is 43.4 Å². The van der Waals surface area contributed by atoms with E-state index in [1.165, 1.54) is 5.56 Å². The Morgan fingerprint density at radius 3 is 2.61 bits per heavy atom. The van der Waals surface area contributed by atoms with Crippen LogP contribution in [-0.2, 0) is 6.42 Å². The SMILES string of the molecule is COc1cccc(CCN(C)C(CO)C(C)C)c1. The van der Waals surface area contributed by atoms with E-state index in [2.05, 4.69) is 37.9 Å². The van der Waals surface area contributed by atoms with Crippen molar-refractivity contribution < 1.29 is 9.84 Å². The molecule has 0 fully saturated rings. The molecule has 0 saturated heterocycles. The lowest BCUT2D eigenvalue weighted by molar-refractivity contribution is 0.114. The molecular weight excluding hydrogens is 226 g/mol. The first-order valence-corrected chi connectivity index (χ1v) is 6.52. The molecule has 0 radical (unpaired) electrons. The van der Waals surface area contributed by atoms with Crippen LogP contribution in [0.4, 0.5) is 0 Å². The van der Waals surface area contributed by atoms with E-state index in [1.807, 2.05) is 12.1 Å². The second kappa shape index (κ2) is 7.39. The van der Waals surface area contributed by atoms with Gasteiger partial charge in [-0.2, -0.15) is 0 Å². The quantitative estimate of drug-likeness (QED) is 0.806. The first-order chi connectivity index (χ1) is 8.58. The molecule has 1 N–H and O–H groups in total. The molecule has 1 aromatic rings. The van der Waals surface area contributed by atoms with E-state index in [1.54, 1.807) is 7.11 Å². The molecule has 0 spiro atoms. The van der Waals surface area contributed by atoms with Crippen LogP contribution < -0.4 is 4.74 Å². The van der Waals surface area contributed by atoms with Gasteiger partial charge >= 0.3 is 0 Å². The molecule has 1 unspecified atom stereocenters. The number of aliphatic hydroxyl groups excluding tert-OH is 1. The molecule has 18 heavy (non-hydrogen) atoms. The Hall–Kier alpha value is -1.06. The van der Waals surface area contributed by atoms with Gasteiger partial charge in [0.15, 0.2) is 0 Å². The van der Waals surface area contributed by atoms with Crippen molar-refractivity contribution in [1.82, 2.24) is 4.90 Å². The van der Waals surface area contributed by atoms with Gasteiger partial charge < -0.3 is 14.7 Å². The van der Waals surface area contributed by atoms with Crippen molar-refractivity contribution in [3.63, 3.8) is 0 Å². The fourth-order valence-corrected chi connectivity index (χ4v) is 2.16. The molecule has 0 aliphatic carbocycles. The number of hydrogen-bond donors (Lipinski definition) is 1. The topological polar surface area (TPSA) is 32.7 Å². The first kappa shape index (κ1) is 15.0. The van der Waals surface area contributed by atoms with E-state index >= 15 is 0 Å². The summed E-state index contributed by atoms with van der Waals surface area (Å²) >= 11 is 0. The highest BCUT2D eigenvalue weighted by Crippen LogP contribution is 2.14. The van der Waals surface area contributed by atoms with E-state index in [-0.39, 0.29) is 12.6 Å². The number of aliphatic hydroxyl groups is 1. The molecular formula is C15H25NO2. The Balaban J connectivity index is 2.53. The first-order valence-electron chi connectivity index (χ1n) is 6.52. The average Bonchev–Trinajstić information content (AvgIpc) is 2.37. The van der Waals surface area contributed by atoms with Gasteiger partial charge in [0, 0.05) is 12.6 Å². The predicted octanol–water partition coefficient (Wildman–Crippen LogP) is 2.19. The number of rotatable bonds is 7. The molecule has 0 bridgehead atoms. The molecule has 0 aromatic heterocycles. The van der Waals surface area contributed by atoms with Crippen LogP contribution in [0, 0.1) is 5.92 Å². The van der Waals surface area contributed by atoms with E-state index in [4.69, 9.17) is 4.74 Å². The van der Waals surface area contributed by atoms with Crippen molar-refractivity contribution >= 4 is 0 Å². The fourth-order valence-electron chi connectivity index (χ4n) is 2.16. The van der Waals surface area contributed by atoms with Crippen LogP contribution in [0.25, 0.3) is 0 Å². The maximum Gasteiger partial charge on any atom is 0.119 e. The minimum Gasteiger partial charge on any atom is -0.497 e. The molecule has 1 rings (SSSR count). The van der Waals surface area contributed by atoms with Crippen LogP contribution in [0.15, 0.2) is 24.3 Å². The summed E-state index contributed by atoms with van der Waals surface area (Å²) in [7, 11) is 3.76. The Labute approximate surface area is 110 Å². The molecule has 0 saturated carbocycles. The fraction of sp³-hybridized carbons (Fsp3) is 0.600. The summed E-state index contributed by atoms with van der Waals surface area (Å²) in [6, 6.07) is 8.38. The van der Waals surface area contributed by atoms with Crippen molar-refractivity contribution in [3.8, 4) is 5.75 Å². The maximum absolute atomic E-state index is 9.38. The molecule has 3 heteroatoms. The van der Waals surface area contributed by atoms with E-state index in [9.17, 15) is 5.11 Å². The Morgan fingerprint density at radius 1 is 1.33 bits per heavy atom. The summed E-state index contributed by atoms with van der Waals surface area (Å²) in [4.78, 5) is 2.23. The Kier molecular flexibility index (Phi) is 6.16. The molecule has 0 aliphatic heterocycles. The van der Waals surface area contributed by atoms with Gasteiger partial charge in [0.25, 0.3) is 0 Å². The van der Waals surface area contributed by atoms with Gasteiger partial charge in [-0.1, -0.05) is 26.0 Å². The maximum atomic E-state index is 9.38. The minimum atomic E-state index is 0.215. The van der Waals surface area contributed by atoms with Gasteiger partial charge in [-0.15, -0.1) is 0 Å². The molecule has 0 aliphatic rings. The zero-order chi connectivity index (χ0) is 13.5. The summed E-state index contributed by atoms with van der Waals surface area (Å²) < 4.78 is 5.21. The Bertz CT molecular complexity index is 352. The molecule has 1 aromatic carbocycles. The highest BCUT2D eigenvalue weighted by Gasteiger charge is 2.17. The summed E-state index contributed by atoms with van der Waals surface area (Å²) in [5.41, 5.74) is 1.27. The van der Waals surface area contributed by atoms with Gasteiger partial charge in [-0.3, -0.25) is 0 Å². The largest absolute Gasteiger partial charge is 0.497 e.